The third-order valence-corrected chi connectivity index (χ3v) is 21.5. The quantitative estimate of drug-likeness (QED) is 0.128. The van der Waals surface area contributed by atoms with Crippen molar-refractivity contribution in [2.45, 2.75) is 154 Å². The molecule has 4 saturated carbocycles. The van der Waals surface area contributed by atoms with Gasteiger partial charge in [0.1, 0.15) is 0 Å². The molecule has 61 heavy (non-hydrogen) atoms. The van der Waals surface area contributed by atoms with Gasteiger partial charge in [0.15, 0.2) is 0 Å². The fourth-order valence-corrected chi connectivity index (χ4v) is 18.6. The van der Waals surface area contributed by atoms with Crippen LogP contribution in [-0.2, 0) is 25.7 Å². The molecular formula is C54H60N2S4Se. The molecule has 3 aromatic carbocycles. The minimum absolute atomic E-state index is 0.111. The van der Waals surface area contributed by atoms with Crippen LogP contribution >= 0.6 is 45.3 Å². The molecule has 0 N–H and O–H groups in total. The molecule has 4 aliphatic rings. The summed E-state index contributed by atoms with van der Waals surface area (Å²) in [5.41, 5.74) is 11.8. The zero-order valence-electron chi connectivity index (χ0n) is 35.8. The summed E-state index contributed by atoms with van der Waals surface area (Å²) >= 11 is 8.08. The number of fused-ring (bicyclic) bond motifs is 7. The normalized spacial score (nSPS) is 19.5. The fourth-order valence-electron chi connectivity index (χ4n) is 12.8. The molecule has 316 valence electrons. The zero-order chi connectivity index (χ0) is 40.3. The van der Waals surface area contributed by atoms with Gasteiger partial charge in [0.2, 0.25) is 0 Å². The number of thiophene rings is 4. The molecular weight excluding hydrogens is 884 g/mol. The van der Waals surface area contributed by atoms with Gasteiger partial charge in [0, 0.05) is 0 Å². The molecule has 4 aliphatic carbocycles. The molecule has 8 aromatic rings. The van der Waals surface area contributed by atoms with Crippen molar-refractivity contribution in [3.63, 3.8) is 0 Å². The van der Waals surface area contributed by atoms with Gasteiger partial charge in [0.25, 0.3) is 0 Å². The number of benzene rings is 3. The monoisotopic (exact) mass is 944 g/mol. The Morgan fingerprint density at radius 3 is 1.11 bits per heavy atom. The van der Waals surface area contributed by atoms with E-state index in [2.05, 4.69) is 69.8 Å². The van der Waals surface area contributed by atoms with Crippen molar-refractivity contribution in [1.29, 1.82) is 0 Å². The van der Waals surface area contributed by atoms with Gasteiger partial charge >= 0.3 is 375 Å². The molecule has 0 amide bonds. The van der Waals surface area contributed by atoms with Crippen molar-refractivity contribution in [1.82, 2.24) is 7.96 Å². The summed E-state index contributed by atoms with van der Waals surface area (Å²) in [7, 11) is 0. The summed E-state index contributed by atoms with van der Waals surface area (Å²) in [6.45, 7) is 0. The Hall–Kier alpha value is -2.38. The van der Waals surface area contributed by atoms with Crippen molar-refractivity contribution in [3.05, 3.63) is 69.4 Å². The Morgan fingerprint density at radius 2 is 0.754 bits per heavy atom. The molecule has 0 unspecified atom stereocenters. The molecule has 0 saturated heterocycles. The Balaban J connectivity index is 0.973. The van der Waals surface area contributed by atoms with Crippen LogP contribution < -0.4 is 0 Å². The summed E-state index contributed by atoms with van der Waals surface area (Å²) in [6, 6.07) is 14.9. The van der Waals surface area contributed by atoms with Crippen LogP contribution in [0.25, 0.3) is 72.3 Å². The standard InChI is InChI=1S/C54H60N2S4Se/c1-5-13-33(14-6-1)27-41-43(29-35-17-9-3-10-18-35)53-45(37-23-25-57-51(37)41)31-47(59-53)39-21-22-40(50-49(39)55-61-56-50)48-32-46-38-24-26-58-52(38)42(28-34-15-7-2-8-16-34)44(54(46)60-48)30-36-19-11-4-12-20-36/h21-26,31-36H,1-20,27-30H2. The molecule has 0 spiro atoms. The van der Waals surface area contributed by atoms with Gasteiger partial charge in [0.05, 0.1) is 0 Å². The number of nitrogens with zero attached hydrogens (tertiary/aromatic N) is 2. The van der Waals surface area contributed by atoms with E-state index < -0.39 is 0 Å². The van der Waals surface area contributed by atoms with E-state index in [0.717, 1.165) is 34.7 Å². The molecule has 4 fully saturated rings. The molecule has 5 aromatic heterocycles. The van der Waals surface area contributed by atoms with Crippen LogP contribution in [0.2, 0.25) is 0 Å². The first-order valence-electron chi connectivity index (χ1n) is 24.4. The van der Waals surface area contributed by atoms with E-state index in [1.165, 1.54) is 197 Å². The van der Waals surface area contributed by atoms with Gasteiger partial charge in [-0.3, -0.25) is 0 Å². The van der Waals surface area contributed by atoms with Crippen LogP contribution in [0, 0.1) is 23.7 Å². The van der Waals surface area contributed by atoms with Crippen LogP contribution in [0.4, 0.5) is 0 Å². The molecule has 12 rings (SSSR count). The summed E-state index contributed by atoms with van der Waals surface area (Å²) < 4.78 is 16.9. The third-order valence-electron chi connectivity index (χ3n) is 16.0. The van der Waals surface area contributed by atoms with Gasteiger partial charge in [-0.2, -0.15) is 0 Å². The number of hydrogen-bond donors (Lipinski definition) is 0. The zero-order valence-corrected chi connectivity index (χ0v) is 40.8. The van der Waals surface area contributed by atoms with Crippen molar-refractivity contribution in [2.75, 3.05) is 0 Å². The Labute approximate surface area is 384 Å². The van der Waals surface area contributed by atoms with E-state index in [9.17, 15) is 0 Å². The Bertz CT molecular complexity index is 2630. The number of rotatable bonds is 10. The second-order valence-electron chi connectivity index (χ2n) is 19.9. The Kier molecular flexibility index (Phi) is 11.5. The van der Waals surface area contributed by atoms with Crippen molar-refractivity contribution < 1.29 is 0 Å². The van der Waals surface area contributed by atoms with Gasteiger partial charge in [-0.1, -0.05) is 12.8 Å². The van der Waals surface area contributed by atoms with Gasteiger partial charge in [-0.15, -0.1) is 0 Å². The van der Waals surface area contributed by atoms with Crippen LogP contribution in [0.15, 0.2) is 47.2 Å². The minimum atomic E-state index is -0.111. The summed E-state index contributed by atoms with van der Waals surface area (Å²) in [5, 5.41) is 10.7. The molecule has 0 bridgehead atoms. The summed E-state index contributed by atoms with van der Waals surface area (Å²) in [4.78, 5) is 2.78. The van der Waals surface area contributed by atoms with Crippen molar-refractivity contribution in [2.24, 2.45) is 23.7 Å². The second-order valence-corrected chi connectivity index (χ2v) is 24.9. The average molecular weight is 944 g/mol. The van der Waals surface area contributed by atoms with E-state index in [0.29, 0.717) is 0 Å². The maximum atomic E-state index is 5.28. The average Bonchev–Trinajstić information content (AvgIpc) is 4.17. The van der Waals surface area contributed by atoms with E-state index >= 15 is 0 Å². The molecule has 0 atom stereocenters. The first kappa shape index (κ1) is 40.2. The van der Waals surface area contributed by atoms with Crippen LogP contribution in [0.3, 0.4) is 0 Å². The predicted octanol–water partition coefficient (Wildman–Crippen LogP) is 17.4. The number of aromatic nitrogens is 2. The van der Waals surface area contributed by atoms with Crippen molar-refractivity contribution in [3.8, 4) is 20.9 Å². The van der Waals surface area contributed by atoms with E-state index in [4.69, 9.17) is 7.96 Å². The van der Waals surface area contributed by atoms with Gasteiger partial charge in [-0.05, 0) is 0 Å². The SMILES string of the molecule is c1cc2c(s1)c(CC1CCCCC1)c(CC1CCCCC1)c1sc(-c3ccc(-c4cc5c(s4)c(CC4CCCCC4)c(CC4CCCCC4)c4sccc45)c4n[se]nc34)cc12. The summed E-state index contributed by atoms with van der Waals surface area (Å²) in [6.07, 6.45) is 33.4. The molecule has 7 heteroatoms. The molecule has 0 radical (unpaired) electrons. The van der Waals surface area contributed by atoms with E-state index in [-0.39, 0.29) is 15.0 Å². The maximum absolute atomic E-state index is 5.28. The topological polar surface area (TPSA) is 25.8 Å². The summed E-state index contributed by atoms with van der Waals surface area (Å²) in [5.74, 6) is 3.34. The van der Waals surface area contributed by atoms with Crippen LogP contribution in [0.1, 0.15) is 151 Å². The van der Waals surface area contributed by atoms with E-state index in [1.807, 2.05) is 22.7 Å². The number of hydrogen-bond acceptors (Lipinski definition) is 6. The predicted molar refractivity (Wildman–Crippen MR) is 270 cm³/mol. The van der Waals surface area contributed by atoms with E-state index in [1.54, 1.807) is 41.1 Å². The first-order chi connectivity index (χ1) is 30.2. The van der Waals surface area contributed by atoms with Crippen LogP contribution in [0.5, 0.6) is 0 Å². The fraction of sp³-hybridized carbons (Fsp3) is 0.519. The second kappa shape index (κ2) is 17.5. The van der Waals surface area contributed by atoms with Crippen LogP contribution in [-0.4, -0.2) is 22.9 Å². The van der Waals surface area contributed by atoms with Gasteiger partial charge in [-0.25, -0.2) is 0 Å². The van der Waals surface area contributed by atoms with Crippen molar-refractivity contribution >= 4 is 112 Å². The molecule has 5 heterocycles. The van der Waals surface area contributed by atoms with Gasteiger partial charge < -0.3 is 0 Å². The third kappa shape index (κ3) is 7.65. The molecule has 2 nitrogen and oxygen atoms in total. The Morgan fingerprint density at radius 1 is 0.410 bits per heavy atom. The first-order valence-corrected chi connectivity index (χ1v) is 29.3. The molecule has 0 aliphatic heterocycles.